The van der Waals surface area contributed by atoms with Gasteiger partial charge in [-0.25, -0.2) is 0 Å². The van der Waals surface area contributed by atoms with E-state index in [-0.39, 0.29) is 18.2 Å². The molecule has 4 N–H and O–H groups in total. The van der Waals surface area contributed by atoms with E-state index in [2.05, 4.69) is 15.6 Å². The molecule has 76 valence electrons. The van der Waals surface area contributed by atoms with Gasteiger partial charge < -0.3 is 16.3 Å². The largest absolute Gasteiger partial charge is 0.409 e. The molecule has 0 aliphatic heterocycles. The van der Waals surface area contributed by atoms with E-state index >= 15 is 0 Å². The zero-order chi connectivity index (χ0) is 10.6. The molecule has 0 atom stereocenters. The molecule has 0 aliphatic rings. The average molecular weight is 197 g/mol. The first kappa shape index (κ1) is 10.0. The van der Waals surface area contributed by atoms with Crippen LogP contribution in [0.1, 0.15) is 6.42 Å². The Morgan fingerprint density at radius 2 is 2.57 bits per heavy atom. The maximum Gasteiger partial charge on any atom is 0.232 e. The lowest BCUT2D eigenvalue weighted by atomic mass is 10.3. The van der Waals surface area contributed by atoms with Gasteiger partial charge in [-0.3, -0.25) is 9.48 Å². The van der Waals surface area contributed by atoms with Crippen LogP contribution in [-0.4, -0.2) is 26.7 Å². The summed E-state index contributed by atoms with van der Waals surface area (Å²) >= 11 is 0. The van der Waals surface area contributed by atoms with Crippen molar-refractivity contribution in [3.05, 3.63) is 12.4 Å². The van der Waals surface area contributed by atoms with Crippen molar-refractivity contribution < 1.29 is 10.0 Å². The number of nitrogens with one attached hydrogen (secondary N) is 1. The summed E-state index contributed by atoms with van der Waals surface area (Å²) in [7, 11) is 1.74. The number of oxime groups is 1. The molecule has 7 heteroatoms. The molecular formula is C7H11N5O2. The number of anilines is 1. The van der Waals surface area contributed by atoms with Crippen LogP contribution < -0.4 is 11.1 Å². The Morgan fingerprint density at radius 1 is 1.86 bits per heavy atom. The first-order valence-electron chi connectivity index (χ1n) is 3.86. The van der Waals surface area contributed by atoms with Gasteiger partial charge in [-0.05, 0) is 0 Å². The lowest BCUT2D eigenvalue weighted by molar-refractivity contribution is -0.115. The van der Waals surface area contributed by atoms with Crippen molar-refractivity contribution in [1.29, 1.82) is 0 Å². The molecule has 0 fully saturated rings. The summed E-state index contributed by atoms with van der Waals surface area (Å²) in [5.41, 5.74) is 5.72. The van der Waals surface area contributed by atoms with Gasteiger partial charge in [-0.1, -0.05) is 5.16 Å². The molecule has 1 heterocycles. The Hall–Kier alpha value is -2.05. The molecule has 0 saturated heterocycles. The maximum atomic E-state index is 11.2. The van der Waals surface area contributed by atoms with Crippen LogP contribution in [0, 0.1) is 0 Å². The number of hydrogen-bond acceptors (Lipinski definition) is 4. The van der Waals surface area contributed by atoms with Crippen molar-refractivity contribution in [2.24, 2.45) is 17.9 Å². The van der Waals surface area contributed by atoms with Crippen LogP contribution >= 0.6 is 0 Å². The second-order valence-corrected chi connectivity index (χ2v) is 2.72. The first-order chi connectivity index (χ1) is 6.61. The number of nitrogens with zero attached hydrogens (tertiary/aromatic N) is 3. The third-order valence-electron chi connectivity index (χ3n) is 1.46. The topological polar surface area (TPSA) is 106 Å². The lowest BCUT2D eigenvalue weighted by Gasteiger charge is -1.99. The van der Waals surface area contributed by atoms with Gasteiger partial charge in [-0.15, -0.1) is 0 Å². The molecule has 7 nitrogen and oxygen atoms in total. The van der Waals surface area contributed by atoms with Crippen molar-refractivity contribution in [3.8, 4) is 0 Å². The smallest absolute Gasteiger partial charge is 0.232 e. The molecular weight excluding hydrogens is 186 g/mol. The van der Waals surface area contributed by atoms with Crippen molar-refractivity contribution in [3.63, 3.8) is 0 Å². The third-order valence-corrected chi connectivity index (χ3v) is 1.46. The number of aryl methyl sites for hydroxylation is 1. The van der Waals surface area contributed by atoms with Gasteiger partial charge in [0.15, 0.2) is 0 Å². The second kappa shape index (κ2) is 4.26. The fourth-order valence-electron chi connectivity index (χ4n) is 0.891. The van der Waals surface area contributed by atoms with Crippen LogP contribution in [-0.2, 0) is 11.8 Å². The highest BCUT2D eigenvalue weighted by atomic mass is 16.4. The number of aromatic nitrogens is 2. The highest BCUT2D eigenvalue weighted by Crippen LogP contribution is 2.03. The van der Waals surface area contributed by atoms with Crippen LogP contribution in [0.4, 0.5) is 5.69 Å². The predicted octanol–water partition coefficient (Wildman–Crippen LogP) is -0.505. The quantitative estimate of drug-likeness (QED) is 0.263. The summed E-state index contributed by atoms with van der Waals surface area (Å²) < 4.78 is 1.55. The van der Waals surface area contributed by atoms with E-state index in [1.54, 1.807) is 17.9 Å². The Balaban J connectivity index is 2.49. The molecule has 0 unspecified atom stereocenters. The summed E-state index contributed by atoms with van der Waals surface area (Å²) in [5.74, 6) is -0.486. The fraction of sp³-hybridized carbons (Fsp3) is 0.286. The van der Waals surface area contributed by atoms with Gasteiger partial charge in [0.2, 0.25) is 5.91 Å². The van der Waals surface area contributed by atoms with Crippen LogP contribution in [0.3, 0.4) is 0 Å². The van der Waals surface area contributed by atoms with Crippen molar-refractivity contribution in [2.75, 3.05) is 5.32 Å². The SMILES string of the molecule is Cn1cc(NC(=O)C/C(N)=N/O)cn1. The van der Waals surface area contributed by atoms with E-state index < -0.39 is 0 Å². The molecule has 0 saturated carbocycles. The van der Waals surface area contributed by atoms with Crippen molar-refractivity contribution in [1.82, 2.24) is 9.78 Å². The Labute approximate surface area is 80.2 Å². The number of carbonyl (C=O) groups excluding carboxylic acids is 1. The minimum Gasteiger partial charge on any atom is -0.409 e. The van der Waals surface area contributed by atoms with Crippen molar-refractivity contribution in [2.45, 2.75) is 6.42 Å². The second-order valence-electron chi connectivity index (χ2n) is 2.72. The zero-order valence-corrected chi connectivity index (χ0v) is 7.64. The van der Waals surface area contributed by atoms with E-state index in [0.29, 0.717) is 5.69 Å². The van der Waals surface area contributed by atoms with Crippen LogP contribution in [0.25, 0.3) is 0 Å². The molecule has 1 aromatic rings. The van der Waals surface area contributed by atoms with E-state index in [0.717, 1.165) is 0 Å². The third kappa shape index (κ3) is 2.77. The number of carbonyl (C=O) groups is 1. The normalized spacial score (nSPS) is 11.4. The van der Waals surface area contributed by atoms with E-state index in [1.165, 1.54) is 6.20 Å². The highest BCUT2D eigenvalue weighted by molar-refractivity contribution is 6.04. The monoisotopic (exact) mass is 197 g/mol. The fourth-order valence-corrected chi connectivity index (χ4v) is 0.891. The lowest BCUT2D eigenvalue weighted by Crippen LogP contribution is -2.21. The predicted molar refractivity (Wildman–Crippen MR) is 49.9 cm³/mol. The van der Waals surface area contributed by atoms with Gasteiger partial charge in [0.25, 0.3) is 0 Å². The summed E-state index contributed by atoms with van der Waals surface area (Å²) in [5, 5.41) is 17.3. The molecule has 0 bridgehead atoms. The standard InChI is InChI=1S/C7H11N5O2/c1-12-4-5(3-9-12)10-7(13)2-6(8)11-14/h3-4,14H,2H2,1H3,(H2,8,11)(H,10,13). The molecule has 0 aliphatic carbocycles. The Bertz CT molecular complexity index is 357. The number of hydrogen-bond donors (Lipinski definition) is 3. The van der Waals surface area contributed by atoms with Gasteiger partial charge >= 0.3 is 0 Å². The minimum atomic E-state index is -0.353. The molecule has 1 amide bonds. The molecule has 14 heavy (non-hydrogen) atoms. The Morgan fingerprint density at radius 3 is 3.07 bits per heavy atom. The van der Waals surface area contributed by atoms with Gasteiger partial charge in [-0.2, -0.15) is 5.10 Å². The number of nitrogens with two attached hydrogens (primary N) is 1. The van der Waals surface area contributed by atoms with E-state index in [4.69, 9.17) is 10.9 Å². The summed E-state index contributed by atoms with van der Waals surface area (Å²) in [6, 6.07) is 0. The molecule has 0 aromatic carbocycles. The number of amidine groups is 1. The van der Waals surface area contributed by atoms with Gasteiger partial charge in [0.1, 0.15) is 5.84 Å². The first-order valence-corrected chi connectivity index (χ1v) is 3.86. The highest BCUT2D eigenvalue weighted by Gasteiger charge is 2.06. The molecule has 0 radical (unpaired) electrons. The Kier molecular flexibility index (Phi) is 3.05. The summed E-state index contributed by atoms with van der Waals surface area (Å²) in [6.45, 7) is 0. The van der Waals surface area contributed by atoms with E-state index in [1.807, 2.05) is 0 Å². The zero-order valence-electron chi connectivity index (χ0n) is 7.64. The molecule has 1 rings (SSSR count). The molecule has 0 spiro atoms. The number of rotatable bonds is 3. The van der Waals surface area contributed by atoms with E-state index in [9.17, 15) is 4.79 Å². The van der Waals surface area contributed by atoms with Crippen LogP contribution in [0.15, 0.2) is 17.5 Å². The summed E-state index contributed by atoms with van der Waals surface area (Å²) in [4.78, 5) is 11.2. The summed E-state index contributed by atoms with van der Waals surface area (Å²) in [6.07, 6.45) is 3.00. The number of amides is 1. The van der Waals surface area contributed by atoms with Gasteiger partial charge in [0, 0.05) is 13.2 Å². The average Bonchev–Trinajstić information content (AvgIpc) is 2.50. The molecule has 1 aromatic heterocycles. The van der Waals surface area contributed by atoms with Gasteiger partial charge in [0.05, 0.1) is 18.3 Å². The maximum absolute atomic E-state index is 11.2. The minimum absolute atomic E-state index is 0.133. The van der Waals surface area contributed by atoms with Crippen molar-refractivity contribution >= 4 is 17.4 Å². The van der Waals surface area contributed by atoms with Crippen LogP contribution in [0.5, 0.6) is 0 Å². The van der Waals surface area contributed by atoms with Crippen LogP contribution in [0.2, 0.25) is 0 Å².